The Morgan fingerprint density at radius 1 is 0.387 bits per heavy atom. The summed E-state index contributed by atoms with van der Waals surface area (Å²) in [6.07, 6.45) is 2.39. The number of rotatable bonds is 6. The van der Waals surface area contributed by atoms with Crippen LogP contribution in [-0.2, 0) is 19.3 Å². The third-order valence-corrected chi connectivity index (χ3v) is 5.57. The minimum atomic E-state index is 0.767. The molecule has 0 aromatic heterocycles. The lowest BCUT2D eigenvalue weighted by Crippen LogP contribution is -2.00. The van der Waals surface area contributed by atoms with Gasteiger partial charge in [0.15, 0.2) is 0 Å². The lowest BCUT2D eigenvalue weighted by Gasteiger charge is -2.12. The molecule has 8 N–H and O–H groups in total. The van der Waals surface area contributed by atoms with E-state index in [4.69, 9.17) is 22.9 Å². The van der Waals surface area contributed by atoms with E-state index in [9.17, 15) is 0 Å². The predicted octanol–water partition coefficient (Wildman–Crippen LogP) is 4.79. The Labute approximate surface area is 183 Å². The smallest absolute Gasteiger partial charge is 0.0350 e. The molecule has 156 valence electrons. The van der Waals surface area contributed by atoms with Crippen LogP contribution in [0.5, 0.6) is 0 Å². The quantitative estimate of drug-likeness (QED) is 0.344. The van der Waals surface area contributed by atoms with Crippen LogP contribution in [0.3, 0.4) is 0 Å². The second-order valence-corrected chi connectivity index (χ2v) is 8.08. The molecule has 0 radical (unpaired) electrons. The number of hydrogen-bond acceptors (Lipinski definition) is 4. The molecule has 0 heterocycles. The first-order valence-electron chi connectivity index (χ1n) is 10.4. The summed E-state index contributed by atoms with van der Waals surface area (Å²) < 4.78 is 0. The summed E-state index contributed by atoms with van der Waals surface area (Å²) in [6, 6.07) is 28.4. The Hall–Kier alpha value is -3.92. The summed E-state index contributed by atoms with van der Waals surface area (Å²) in [5, 5.41) is 0. The van der Waals surface area contributed by atoms with Crippen molar-refractivity contribution in [2.24, 2.45) is 0 Å². The van der Waals surface area contributed by atoms with Crippen molar-refractivity contribution < 1.29 is 0 Å². The van der Waals surface area contributed by atoms with E-state index in [1.807, 2.05) is 60.7 Å². The molecule has 31 heavy (non-hydrogen) atoms. The maximum atomic E-state index is 6.25. The minimum absolute atomic E-state index is 0.767. The number of benzene rings is 4. The van der Waals surface area contributed by atoms with Crippen molar-refractivity contribution in [3.8, 4) is 0 Å². The van der Waals surface area contributed by atoms with Crippen molar-refractivity contribution in [3.63, 3.8) is 0 Å². The van der Waals surface area contributed by atoms with Crippen molar-refractivity contribution in [3.05, 3.63) is 118 Å². The molecule has 0 bridgehead atoms. The molecule has 4 heteroatoms. The van der Waals surface area contributed by atoms with Crippen molar-refractivity contribution in [2.45, 2.75) is 19.3 Å². The summed E-state index contributed by atoms with van der Waals surface area (Å²) in [5.41, 5.74) is 34.3. The second-order valence-electron chi connectivity index (χ2n) is 8.08. The van der Waals surface area contributed by atoms with E-state index < -0.39 is 0 Å². The molecule has 0 spiro atoms. The molecule has 0 saturated carbocycles. The van der Waals surface area contributed by atoms with Crippen LogP contribution in [0.4, 0.5) is 22.7 Å². The molecule has 0 aliphatic heterocycles. The van der Waals surface area contributed by atoms with Gasteiger partial charge in [-0.25, -0.2) is 0 Å². The van der Waals surface area contributed by atoms with Crippen LogP contribution in [0.25, 0.3) is 0 Å². The van der Waals surface area contributed by atoms with Crippen molar-refractivity contribution in [1.29, 1.82) is 0 Å². The van der Waals surface area contributed by atoms with Gasteiger partial charge >= 0.3 is 0 Å². The zero-order valence-corrected chi connectivity index (χ0v) is 17.5. The van der Waals surface area contributed by atoms with Crippen LogP contribution in [0.1, 0.15) is 33.4 Å². The van der Waals surface area contributed by atoms with Crippen LogP contribution in [0, 0.1) is 0 Å². The Kier molecular flexibility index (Phi) is 5.80. The first kappa shape index (κ1) is 20.4. The topological polar surface area (TPSA) is 104 Å². The van der Waals surface area contributed by atoms with Gasteiger partial charge in [0.1, 0.15) is 0 Å². The number of hydrogen-bond donors (Lipinski definition) is 4. The maximum absolute atomic E-state index is 6.25. The van der Waals surface area contributed by atoms with Gasteiger partial charge in [-0.3, -0.25) is 0 Å². The second kappa shape index (κ2) is 8.84. The Morgan fingerprint density at radius 2 is 0.742 bits per heavy atom. The van der Waals surface area contributed by atoms with Gasteiger partial charge in [0, 0.05) is 22.7 Å². The van der Waals surface area contributed by atoms with Gasteiger partial charge in [-0.05, 0) is 89.0 Å². The normalized spacial score (nSPS) is 10.8. The largest absolute Gasteiger partial charge is 0.399 e. The van der Waals surface area contributed by atoms with Crippen molar-refractivity contribution in [2.75, 3.05) is 22.9 Å². The summed E-state index contributed by atoms with van der Waals surface area (Å²) in [6.45, 7) is 0. The van der Waals surface area contributed by atoms with Crippen LogP contribution >= 0.6 is 0 Å². The van der Waals surface area contributed by atoms with Crippen molar-refractivity contribution in [1.82, 2.24) is 0 Å². The highest BCUT2D eigenvalue weighted by Gasteiger charge is 2.07. The number of nitrogen functional groups attached to an aromatic ring is 4. The highest BCUT2D eigenvalue weighted by atomic mass is 14.6. The number of nitrogens with two attached hydrogens (primary N) is 4. The van der Waals surface area contributed by atoms with Gasteiger partial charge in [0.05, 0.1) is 0 Å². The molecule has 4 aromatic carbocycles. The molecule has 0 saturated heterocycles. The highest BCUT2D eigenvalue weighted by Crippen LogP contribution is 2.24. The monoisotopic (exact) mass is 408 g/mol. The average Bonchev–Trinajstić information content (AvgIpc) is 2.76. The van der Waals surface area contributed by atoms with E-state index in [0.29, 0.717) is 0 Å². The fourth-order valence-corrected chi connectivity index (χ4v) is 3.79. The van der Waals surface area contributed by atoms with E-state index in [-0.39, 0.29) is 0 Å². The first-order valence-corrected chi connectivity index (χ1v) is 10.4. The van der Waals surface area contributed by atoms with Gasteiger partial charge in [0.25, 0.3) is 0 Å². The third-order valence-electron chi connectivity index (χ3n) is 5.57. The standard InChI is InChI=1S/C27H28N4/c28-24-7-1-18(2-8-24)14-22-16-20(5-11-26(22)30)13-21-6-12-27(31)23(17-21)15-19-3-9-25(29)10-4-19/h1-12,16-17H,13-15,28-31H2. The fourth-order valence-electron chi connectivity index (χ4n) is 3.79. The molecule has 0 unspecified atom stereocenters. The van der Waals surface area contributed by atoms with Crippen LogP contribution < -0.4 is 22.9 Å². The van der Waals surface area contributed by atoms with Crippen LogP contribution in [0.2, 0.25) is 0 Å². The summed E-state index contributed by atoms with van der Waals surface area (Å²) >= 11 is 0. The van der Waals surface area contributed by atoms with Crippen molar-refractivity contribution >= 4 is 22.7 Å². The zero-order valence-electron chi connectivity index (χ0n) is 17.5. The molecule has 0 aliphatic rings. The molecule has 0 fully saturated rings. The minimum Gasteiger partial charge on any atom is -0.399 e. The van der Waals surface area contributed by atoms with Gasteiger partial charge in [-0.15, -0.1) is 0 Å². The lowest BCUT2D eigenvalue weighted by molar-refractivity contribution is 1.12. The summed E-state index contributed by atoms with van der Waals surface area (Å²) in [5.74, 6) is 0. The maximum Gasteiger partial charge on any atom is 0.0350 e. The van der Waals surface area contributed by atoms with Gasteiger partial charge in [-0.2, -0.15) is 0 Å². The van der Waals surface area contributed by atoms with E-state index in [1.165, 1.54) is 22.3 Å². The highest BCUT2D eigenvalue weighted by molar-refractivity contribution is 5.54. The Morgan fingerprint density at radius 3 is 1.13 bits per heavy atom. The summed E-state index contributed by atoms with van der Waals surface area (Å²) in [7, 11) is 0. The van der Waals surface area contributed by atoms with E-state index in [2.05, 4.69) is 24.3 Å². The molecule has 4 nitrogen and oxygen atoms in total. The van der Waals surface area contributed by atoms with Gasteiger partial charge in [-0.1, -0.05) is 48.5 Å². The number of anilines is 4. The first-order chi connectivity index (χ1) is 15.0. The molecule has 4 rings (SSSR count). The Bertz CT molecular complexity index is 1080. The average molecular weight is 409 g/mol. The Balaban J connectivity index is 1.53. The lowest BCUT2D eigenvalue weighted by atomic mass is 9.95. The molecular weight excluding hydrogens is 380 g/mol. The predicted molar refractivity (Wildman–Crippen MR) is 132 cm³/mol. The van der Waals surface area contributed by atoms with E-state index >= 15 is 0 Å². The van der Waals surface area contributed by atoms with Gasteiger partial charge < -0.3 is 22.9 Å². The van der Waals surface area contributed by atoms with E-state index in [0.717, 1.165) is 53.1 Å². The molecule has 0 atom stereocenters. The van der Waals surface area contributed by atoms with Crippen LogP contribution in [0.15, 0.2) is 84.9 Å². The fraction of sp³-hybridized carbons (Fsp3) is 0.111. The van der Waals surface area contributed by atoms with E-state index in [1.54, 1.807) is 0 Å². The molecule has 0 aliphatic carbocycles. The third kappa shape index (κ3) is 5.17. The summed E-state index contributed by atoms with van der Waals surface area (Å²) in [4.78, 5) is 0. The SMILES string of the molecule is Nc1ccc(Cc2cc(Cc3ccc(N)c(Cc4ccc(N)cc4)c3)ccc2N)cc1. The zero-order chi connectivity index (χ0) is 21.8. The molecular formula is C27H28N4. The van der Waals surface area contributed by atoms with Gasteiger partial charge in [0.2, 0.25) is 0 Å². The van der Waals surface area contributed by atoms with Crippen LogP contribution in [-0.4, -0.2) is 0 Å². The molecule has 0 amide bonds. The molecule has 4 aromatic rings.